The molecule has 0 aliphatic heterocycles. The van der Waals surface area contributed by atoms with Gasteiger partial charge in [0.05, 0.1) is 5.41 Å². The van der Waals surface area contributed by atoms with Crippen LogP contribution in [0.25, 0.3) is 0 Å². The first-order valence-corrected chi connectivity index (χ1v) is 8.59. The van der Waals surface area contributed by atoms with Gasteiger partial charge in [-0.15, -0.1) is 0 Å². The van der Waals surface area contributed by atoms with Crippen molar-refractivity contribution in [2.24, 2.45) is 5.41 Å². The molecular weight excluding hydrogens is 290 g/mol. The van der Waals surface area contributed by atoms with Crippen molar-refractivity contribution in [1.82, 2.24) is 4.90 Å². The van der Waals surface area contributed by atoms with Crippen LogP contribution in [-0.2, 0) is 16.0 Å². The number of carbonyl (C=O) groups is 2. The topological polar surface area (TPSA) is 57.6 Å². The van der Waals surface area contributed by atoms with Crippen molar-refractivity contribution in [2.75, 3.05) is 6.54 Å². The van der Waals surface area contributed by atoms with Gasteiger partial charge in [0.25, 0.3) is 0 Å². The fraction of sp³-hybridized carbons (Fsp3) is 0.579. The fourth-order valence-corrected chi connectivity index (χ4v) is 3.46. The highest BCUT2D eigenvalue weighted by Crippen LogP contribution is 2.44. The molecule has 23 heavy (non-hydrogen) atoms. The van der Waals surface area contributed by atoms with Crippen molar-refractivity contribution in [3.63, 3.8) is 0 Å². The SMILES string of the molecule is CCC(Cc1ccccc1)N(CC)C(=O)CC1(C(=O)O)CCC1. The molecule has 1 fully saturated rings. The number of amides is 1. The van der Waals surface area contributed by atoms with Gasteiger partial charge in [-0.2, -0.15) is 0 Å². The molecule has 0 heterocycles. The maximum Gasteiger partial charge on any atom is 0.310 e. The summed E-state index contributed by atoms with van der Waals surface area (Å²) in [5.41, 5.74) is 0.400. The predicted octanol–water partition coefficient (Wildman–Crippen LogP) is 3.50. The molecule has 4 heteroatoms. The number of carbonyl (C=O) groups excluding carboxylic acids is 1. The zero-order chi connectivity index (χ0) is 16.9. The number of hydrogen-bond acceptors (Lipinski definition) is 2. The van der Waals surface area contributed by atoms with Gasteiger partial charge in [-0.25, -0.2) is 0 Å². The zero-order valence-corrected chi connectivity index (χ0v) is 14.1. The van der Waals surface area contributed by atoms with Crippen LogP contribution in [0.1, 0.15) is 51.5 Å². The summed E-state index contributed by atoms with van der Waals surface area (Å²) in [7, 11) is 0. The average Bonchev–Trinajstić information content (AvgIpc) is 2.51. The van der Waals surface area contributed by atoms with Crippen LogP contribution < -0.4 is 0 Å². The molecule has 1 atom stereocenters. The van der Waals surface area contributed by atoms with Crippen molar-refractivity contribution in [2.45, 2.75) is 58.4 Å². The van der Waals surface area contributed by atoms with Gasteiger partial charge >= 0.3 is 5.97 Å². The van der Waals surface area contributed by atoms with Crippen molar-refractivity contribution < 1.29 is 14.7 Å². The third kappa shape index (κ3) is 3.92. The molecule has 4 nitrogen and oxygen atoms in total. The second-order valence-corrected chi connectivity index (χ2v) is 6.55. The monoisotopic (exact) mass is 317 g/mol. The lowest BCUT2D eigenvalue weighted by Crippen LogP contribution is -2.47. The number of carboxylic acids is 1. The largest absolute Gasteiger partial charge is 0.481 e. The predicted molar refractivity (Wildman–Crippen MR) is 90.1 cm³/mol. The van der Waals surface area contributed by atoms with Gasteiger partial charge in [-0.05, 0) is 38.2 Å². The van der Waals surface area contributed by atoms with Gasteiger partial charge in [0.15, 0.2) is 0 Å². The first-order chi connectivity index (χ1) is 11.0. The highest BCUT2D eigenvalue weighted by Gasteiger charge is 2.46. The number of carboxylic acid groups (broad SMARTS) is 1. The van der Waals surface area contributed by atoms with Crippen molar-refractivity contribution in [3.05, 3.63) is 35.9 Å². The summed E-state index contributed by atoms with van der Waals surface area (Å²) in [6.45, 7) is 4.68. The van der Waals surface area contributed by atoms with E-state index >= 15 is 0 Å². The number of hydrogen-bond donors (Lipinski definition) is 1. The summed E-state index contributed by atoms with van der Waals surface area (Å²) < 4.78 is 0. The summed E-state index contributed by atoms with van der Waals surface area (Å²) in [5, 5.41) is 9.45. The maximum atomic E-state index is 12.7. The molecule has 0 aromatic heterocycles. The van der Waals surface area contributed by atoms with E-state index in [1.54, 1.807) is 0 Å². The first kappa shape index (κ1) is 17.5. The van der Waals surface area contributed by atoms with E-state index in [0.717, 1.165) is 19.3 Å². The average molecular weight is 317 g/mol. The van der Waals surface area contributed by atoms with E-state index in [1.165, 1.54) is 5.56 Å². The minimum absolute atomic E-state index is 0.0163. The van der Waals surface area contributed by atoms with Gasteiger partial charge in [-0.3, -0.25) is 9.59 Å². The molecule has 1 aromatic carbocycles. The number of benzene rings is 1. The number of aliphatic carboxylic acids is 1. The smallest absolute Gasteiger partial charge is 0.310 e. The molecule has 1 saturated carbocycles. The van der Waals surface area contributed by atoms with Gasteiger partial charge < -0.3 is 10.0 Å². The van der Waals surface area contributed by atoms with Crippen molar-refractivity contribution in [1.29, 1.82) is 0 Å². The maximum absolute atomic E-state index is 12.7. The zero-order valence-electron chi connectivity index (χ0n) is 14.1. The second kappa shape index (κ2) is 7.62. The molecule has 1 aliphatic carbocycles. The summed E-state index contributed by atoms with van der Waals surface area (Å²) in [5.74, 6) is -0.832. The Kier molecular flexibility index (Phi) is 5.80. The fourth-order valence-electron chi connectivity index (χ4n) is 3.46. The Morgan fingerprint density at radius 2 is 1.87 bits per heavy atom. The minimum atomic E-state index is -0.815. The molecule has 1 unspecified atom stereocenters. The molecule has 1 aliphatic rings. The van der Waals surface area contributed by atoms with Crippen molar-refractivity contribution >= 4 is 11.9 Å². The van der Waals surface area contributed by atoms with Crippen LogP contribution in [0.3, 0.4) is 0 Å². The first-order valence-electron chi connectivity index (χ1n) is 8.59. The van der Waals surface area contributed by atoms with Gasteiger partial charge in [-0.1, -0.05) is 43.7 Å². The van der Waals surface area contributed by atoms with Crippen LogP contribution in [0.4, 0.5) is 0 Å². The third-order valence-corrected chi connectivity index (χ3v) is 5.14. The van der Waals surface area contributed by atoms with Crippen LogP contribution in [0.2, 0.25) is 0 Å². The molecular formula is C19H27NO3. The highest BCUT2D eigenvalue weighted by molar-refractivity contribution is 5.85. The normalized spacial score (nSPS) is 17.1. The molecule has 1 N–H and O–H groups in total. The Morgan fingerprint density at radius 1 is 1.22 bits per heavy atom. The van der Waals surface area contributed by atoms with Crippen LogP contribution in [0.5, 0.6) is 0 Å². The van der Waals surface area contributed by atoms with E-state index < -0.39 is 11.4 Å². The Morgan fingerprint density at radius 3 is 2.30 bits per heavy atom. The number of nitrogens with zero attached hydrogens (tertiary/aromatic N) is 1. The van der Waals surface area contributed by atoms with E-state index in [2.05, 4.69) is 19.1 Å². The van der Waals surface area contributed by atoms with Gasteiger partial charge in [0.1, 0.15) is 0 Å². The third-order valence-electron chi connectivity index (χ3n) is 5.14. The standard InChI is InChI=1S/C19H27NO3/c1-3-16(13-15-9-6-5-7-10-15)20(4-2)17(21)14-19(18(22)23)11-8-12-19/h5-7,9-10,16H,3-4,8,11-14H2,1-2H3,(H,22,23). The van der Waals surface area contributed by atoms with E-state index in [-0.39, 0.29) is 18.4 Å². The van der Waals surface area contributed by atoms with E-state index in [9.17, 15) is 14.7 Å². The second-order valence-electron chi connectivity index (χ2n) is 6.55. The molecule has 1 amide bonds. The molecule has 1 aromatic rings. The molecule has 0 radical (unpaired) electrons. The molecule has 0 saturated heterocycles. The Balaban J connectivity index is 2.06. The number of likely N-dealkylation sites (N-methyl/N-ethyl adjacent to an activating group) is 1. The lowest BCUT2D eigenvalue weighted by molar-refractivity contribution is -0.160. The summed E-state index contributed by atoms with van der Waals surface area (Å²) in [6, 6.07) is 10.3. The van der Waals surface area contributed by atoms with Crippen LogP contribution in [0.15, 0.2) is 30.3 Å². The highest BCUT2D eigenvalue weighted by atomic mass is 16.4. The van der Waals surface area contributed by atoms with Gasteiger partial charge in [0, 0.05) is 19.0 Å². The Hall–Kier alpha value is -1.84. The molecule has 2 rings (SSSR count). The summed E-state index contributed by atoms with van der Waals surface area (Å²) in [6.07, 6.45) is 3.99. The van der Waals surface area contributed by atoms with Crippen LogP contribution in [0, 0.1) is 5.41 Å². The van der Waals surface area contributed by atoms with E-state index in [1.807, 2.05) is 30.0 Å². The molecule has 0 spiro atoms. The minimum Gasteiger partial charge on any atom is -0.481 e. The van der Waals surface area contributed by atoms with E-state index in [0.29, 0.717) is 19.4 Å². The Labute approximate surface area is 138 Å². The quantitative estimate of drug-likeness (QED) is 0.798. The van der Waals surface area contributed by atoms with Crippen LogP contribution in [-0.4, -0.2) is 34.5 Å². The molecule has 0 bridgehead atoms. The Bertz CT molecular complexity index is 537. The summed E-state index contributed by atoms with van der Waals surface area (Å²) in [4.78, 5) is 26.1. The molecule has 126 valence electrons. The van der Waals surface area contributed by atoms with Gasteiger partial charge in [0.2, 0.25) is 5.91 Å². The van der Waals surface area contributed by atoms with Crippen molar-refractivity contribution in [3.8, 4) is 0 Å². The summed E-state index contributed by atoms with van der Waals surface area (Å²) >= 11 is 0. The number of rotatable bonds is 8. The van der Waals surface area contributed by atoms with Crippen LogP contribution >= 0.6 is 0 Å². The van der Waals surface area contributed by atoms with E-state index in [4.69, 9.17) is 0 Å². The lowest BCUT2D eigenvalue weighted by Gasteiger charge is -2.40. The lowest BCUT2D eigenvalue weighted by atomic mass is 9.66.